The number of carbonyl (C=O) groups is 1. The molecule has 0 spiro atoms. The molecule has 8 nitrogen and oxygen atoms in total. The molecule has 0 saturated carbocycles. The third-order valence-corrected chi connectivity index (χ3v) is 8.58. The molecule has 6 rings (SSSR count). The maximum absolute atomic E-state index is 12.2. The van der Waals surface area contributed by atoms with Gasteiger partial charge in [-0.1, -0.05) is 41.1 Å². The van der Waals surface area contributed by atoms with E-state index >= 15 is 0 Å². The molecule has 1 aliphatic heterocycles. The highest BCUT2D eigenvalue weighted by Gasteiger charge is 2.33. The van der Waals surface area contributed by atoms with Gasteiger partial charge in [-0.25, -0.2) is 4.68 Å². The Kier molecular flexibility index (Phi) is 6.74. The van der Waals surface area contributed by atoms with Crippen LogP contribution in [0.4, 0.5) is 0 Å². The summed E-state index contributed by atoms with van der Waals surface area (Å²) in [6.45, 7) is 7.91. The van der Waals surface area contributed by atoms with E-state index in [1.54, 1.807) is 11.8 Å². The van der Waals surface area contributed by atoms with Crippen LogP contribution in [0.15, 0.2) is 42.5 Å². The fourth-order valence-electron chi connectivity index (χ4n) is 6.69. The quantitative estimate of drug-likeness (QED) is 0.347. The molecular weight excluding hydrogens is 504 g/mol. The minimum absolute atomic E-state index is 0.0273. The highest BCUT2D eigenvalue weighted by molar-refractivity contribution is 5.86. The smallest absolute Gasteiger partial charge is 0.304 e. The second-order valence-corrected chi connectivity index (χ2v) is 11.3. The van der Waals surface area contributed by atoms with E-state index in [-0.39, 0.29) is 24.5 Å². The summed E-state index contributed by atoms with van der Waals surface area (Å²) in [5.74, 6) is 0.423. The number of carboxylic acids is 1. The molecule has 0 fully saturated rings. The number of fused-ring (bicyclic) bond motifs is 3. The zero-order valence-corrected chi connectivity index (χ0v) is 23.8. The number of rotatable bonds is 6. The van der Waals surface area contributed by atoms with Crippen molar-refractivity contribution < 1.29 is 19.4 Å². The fraction of sp³-hybridized carbons (Fsp3) is 0.406. The van der Waals surface area contributed by atoms with Crippen molar-refractivity contribution in [1.82, 2.24) is 19.9 Å². The summed E-state index contributed by atoms with van der Waals surface area (Å²) >= 11 is 0. The lowest BCUT2D eigenvalue weighted by molar-refractivity contribution is -0.137. The predicted molar refractivity (Wildman–Crippen MR) is 153 cm³/mol. The molecular formula is C32H36N4O4. The van der Waals surface area contributed by atoms with Crippen molar-refractivity contribution in [3.63, 3.8) is 0 Å². The third-order valence-electron chi connectivity index (χ3n) is 8.58. The first-order valence-corrected chi connectivity index (χ1v) is 13.9. The fourth-order valence-corrected chi connectivity index (χ4v) is 6.69. The van der Waals surface area contributed by atoms with Crippen LogP contribution in [0.2, 0.25) is 0 Å². The van der Waals surface area contributed by atoms with Gasteiger partial charge in [0.2, 0.25) is 0 Å². The van der Waals surface area contributed by atoms with Crippen molar-refractivity contribution in [1.29, 1.82) is 0 Å². The van der Waals surface area contributed by atoms with Crippen molar-refractivity contribution in [3.8, 4) is 11.5 Å². The van der Waals surface area contributed by atoms with Crippen molar-refractivity contribution in [3.05, 3.63) is 81.4 Å². The average Bonchev–Trinajstić information content (AvgIpc) is 3.48. The van der Waals surface area contributed by atoms with Crippen LogP contribution < -0.4 is 9.47 Å². The predicted octanol–water partition coefficient (Wildman–Crippen LogP) is 5.47. The molecule has 8 heteroatoms. The number of aliphatic carboxylic acids is 1. The van der Waals surface area contributed by atoms with E-state index in [9.17, 15) is 9.90 Å². The first-order chi connectivity index (χ1) is 19.2. The van der Waals surface area contributed by atoms with Gasteiger partial charge in [0, 0.05) is 37.7 Å². The second-order valence-electron chi connectivity index (χ2n) is 11.3. The van der Waals surface area contributed by atoms with Crippen LogP contribution in [0.3, 0.4) is 0 Å². The van der Waals surface area contributed by atoms with Crippen molar-refractivity contribution in [2.24, 2.45) is 7.05 Å². The SMILES string of the molecule is COc1cc(C(CC(=O)O)c2ccc3c(c2)C(N2Cc4cc(C)ccc4OC(C)C2)CC3)c(C)c2nnn(C)c12. The summed E-state index contributed by atoms with van der Waals surface area (Å²) in [7, 11) is 3.46. The summed E-state index contributed by atoms with van der Waals surface area (Å²) in [5.41, 5.74) is 9.45. The van der Waals surface area contributed by atoms with Crippen molar-refractivity contribution >= 4 is 17.0 Å². The highest BCUT2D eigenvalue weighted by atomic mass is 16.5. The van der Waals surface area contributed by atoms with Crippen LogP contribution in [-0.2, 0) is 24.8 Å². The minimum atomic E-state index is -0.842. The monoisotopic (exact) mass is 540 g/mol. The zero-order valence-electron chi connectivity index (χ0n) is 23.8. The topological polar surface area (TPSA) is 89.7 Å². The molecule has 208 valence electrons. The van der Waals surface area contributed by atoms with Crippen LogP contribution in [0, 0.1) is 13.8 Å². The number of ether oxygens (including phenoxy) is 2. The van der Waals surface area contributed by atoms with Gasteiger partial charge in [-0.05, 0) is 73.6 Å². The van der Waals surface area contributed by atoms with Crippen molar-refractivity contribution in [2.75, 3.05) is 13.7 Å². The largest absolute Gasteiger partial charge is 0.494 e. The zero-order chi connectivity index (χ0) is 28.1. The van der Waals surface area contributed by atoms with Crippen LogP contribution >= 0.6 is 0 Å². The van der Waals surface area contributed by atoms with Gasteiger partial charge < -0.3 is 14.6 Å². The standard InChI is InChI=1S/C32H36N4O4/c1-18-6-11-28-23(12-18)17-36(16-19(2)40-28)27-10-9-21-7-8-22(13-26(21)27)25(15-30(37)38)24-14-29(39-5)32-31(20(24)3)33-34-35(32)4/h6-8,11-14,19,25,27H,9-10,15-17H2,1-5H3,(H,37,38). The number of benzene rings is 3. The van der Waals surface area contributed by atoms with Gasteiger partial charge in [-0.15, -0.1) is 5.10 Å². The molecule has 0 amide bonds. The van der Waals surface area contributed by atoms with Crippen molar-refractivity contribution in [2.45, 2.75) is 64.6 Å². The van der Waals surface area contributed by atoms with Gasteiger partial charge in [-0.2, -0.15) is 0 Å². The Balaban J connectivity index is 1.41. The number of hydrogen-bond acceptors (Lipinski definition) is 6. The molecule has 4 aromatic rings. The first-order valence-electron chi connectivity index (χ1n) is 13.9. The molecule has 0 bridgehead atoms. The molecule has 1 N–H and O–H groups in total. The van der Waals surface area contributed by atoms with E-state index in [4.69, 9.17) is 9.47 Å². The van der Waals surface area contributed by atoms with Crippen LogP contribution in [0.5, 0.6) is 11.5 Å². The maximum Gasteiger partial charge on any atom is 0.304 e. The number of hydrogen-bond donors (Lipinski definition) is 1. The normalized spacial score (nSPS) is 19.5. The summed E-state index contributed by atoms with van der Waals surface area (Å²) in [5, 5.41) is 18.6. The number of carboxylic acid groups (broad SMARTS) is 1. The molecule has 0 saturated heterocycles. The van der Waals surface area contributed by atoms with Gasteiger partial charge in [-0.3, -0.25) is 9.69 Å². The van der Waals surface area contributed by atoms with Gasteiger partial charge >= 0.3 is 5.97 Å². The molecule has 40 heavy (non-hydrogen) atoms. The van der Waals surface area contributed by atoms with E-state index in [0.29, 0.717) is 5.75 Å². The Morgan fingerprint density at radius 2 is 2.00 bits per heavy atom. The minimum Gasteiger partial charge on any atom is -0.494 e. The highest BCUT2D eigenvalue weighted by Crippen LogP contribution is 2.43. The molecule has 2 aliphatic rings. The maximum atomic E-state index is 12.2. The molecule has 1 aromatic heterocycles. The molecule has 0 radical (unpaired) electrons. The first kappa shape index (κ1) is 26.3. The van der Waals surface area contributed by atoms with E-state index in [0.717, 1.165) is 59.4 Å². The summed E-state index contributed by atoms with van der Waals surface area (Å²) in [6.07, 6.45) is 2.09. The van der Waals surface area contributed by atoms with Crippen LogP contribution in [0.1, 0.15) is 70.7 Å². The van der Waals surface area contributed by atoms with Gasteiger partial charge in [0.1, 0.15) is 28.6 Å². The number of aromatic nitrogens is 3. The number of aryl methyl sites for hydroxylation is 4. The molecule has 1 aliphatic carbocycles. The molecule has 3 atom stereocenters. The van der Waals surface area contributed by atoms with E-state index in [2.05, 4.69) is 65.5 Å². The lowest BCUT2D eigenvalue weighted by Crippen LogP contribution is -2.33. The van der Waals surface area contributed by atoms with E-state index < -0.39 is 5.97 Å². The Labute approximate surface area is 234 Å². The second kappa shape index (κ2) is 10.2. The number of methoxy groups -OCH3 is 1. The third kappa shape index (κ3) is 4.60. The van der Waals surface area contributed by atoms with Gasteiger partial charge in [0.05, 0.1) is 13.5 Å². The molecule has 3 aromatic carbocycles. The Hall–Kier alpha value is -3.91. The van der Waals surface area contributed by atoms with E-state index in [1.165, 1.54) is 22.3 Å². The molecule has 3 unspecified atom stereocenters. The number of nitrogens with zero attached hydrogens (tertiary/aromatic N) is 4. The summed E-state index contributed by atoms with van der Waals surface area (Å²) in [4.78, 5) is 14.7. The lowest BCUT2D eigenvalue weighted by atomic mass is 9.84. The Morgan fingerprint density at radius 1 is 1.18 bits per heavy atom. The van der Waals surface area contributed by atoms with Gasteiger partial charge in [0.25, 0.3) is 0 Å². The van der Waals surface area contributed by atoms with Gasteiger partial charge in [0.15, 0.2) is 0 Å². The summed E-state index contributed by atoms with van der Waals surface area (Å²) in [6, 6.07) is 15.2. The molecule has 2 heterocycles. The Bertz CT molecular complexity index is 1610. The average molecular weight is 541 g/mol. The van der Waals surface area contributed by atoms with E-state index in [1.807, 2.05) is 20.0 Å². The Morgan fingerprint density at radius 3 is 2.77 bits per heavy atom. The van der Waals surface area contributed by atoms with Crippen LogP contribution in [0.25, 0.3) is 11.0 Å². The lowest BCUT2D eigenvalue weighted by Gasteiger charge is -2.30. The summed E-state index contributed by atoms with van der Waals surface area (Å²) < 4.78 is 13.7. The van der Waals surface area contributed by atoms with Crippen LogP contribution in [-0.4, -0.2) is 50.7 Å².